The van der Waals surface area contributed by atoms with Crippen molar-refractivity contribution in [3.8, 4) is 0 Å². The van der Waals surface area contributed by atoms with E-state index in [-0.39, 0.29) is 28.2 Å². The highest BCUT2D eigenvalue weighted by Crippen LogP contribution is 2.25. The molecule has 0 saturated carbocycles. The van der Waals surface area contributed by atoms with Gasteiger partial charge in [-0.2, -0.15) is 0 Å². The molecule has 0 heterocycles. The number of benzene rings is 2. The number of carbonyl (C=O) groups excluding carboxylic acids is 2. The van der Waals surface area contributed by atoms with E-state index in [1.54, 1.807) is 24.3 Å². The standard InChI is InChI=1S/C14H9BO4/c16-13-8-4-1-2-5-9(8)14(17)12-10(13)6-3-7-11(12)15(18)19/h1-7,18-19H. The van der Waals surface area contributed by atoms with Gasteiger partial charge in [0, 0.05) is 22.3 Å². The van der Waals surface area contributed by atoms with Crippen molar-refractivity contribution in [1.82, 2.24) is 0 Å². The topological polar surface area (TPSA) is 74.6 Å². The Morgan fingerprint density at radius 2 is 1.32 bits per heavy atom. The average molecular weight is 252 g/mol. The van der Waals surface area contributed by atoms with Crippen molar-refractivity contribution < 1.29 is 19.6 Å². The van der Waals surface area contributed by atoms with Gasteiger partial charge in [-0.25, -0.2) is 0 Å². The van der Waals surface area contributed by atoms with Crippen LogP contribution in [0.4, 0.5) is 0 Å². The molecule has 0 bridgehead atoms. The van der Waals surface area contributed by atoms with Crippen LogP contribution in [-0.4, -0.2) is 28.7 Å². The fraction of sp³-hybridized carbons (Fsp3) is 0. The third-order valence-electron chi connectivity index (χ3n) is 3.26. The highest BCUT2D eigenvalue weighted by Gasteiger charge is 2.33. The quantitative estimate of drug-likeness (QED) is 0.604. The lowest BCUT2D eigenvalue weighted by Crippen LogP contribution is -2.38. The van der Waals surface area contributed by atoms with Crippen LogP contribution < -0.4 is 5.46 Å². The van der Waals surface area contributed by atoms with Crippen LogP contribution in [0.1, 0.15) is 31.8 Å². The Hall–Kier alpha value is -2.24. The summed E-state index contributed by atoms with van der Waals surface area (Å²) in [7, 11) is -1.78. The first kappa shape index (κ1) is 11.8. The largest absolute Gasteiger partial charge is 0.489 e. The molecule has 2 aromatic rings. The average Bonchev–Trinajstić information content (AvgIpc) is 2.44. The van der Waals surface area contributed by atoms with E-state index in [9.17, 15) is 19.6 Å². The number of hydrogen-bond donors (Lipinski definition) is 2. The Bertz CT molecular complexity index is 706. The minimum Gasteiger partial charge on any atom is -0.423 e. The second-order valence-electron chi connectivity index (χ2n) is 4.35. The van der Waals surface area contributed by atoms with Crippen molar-refractivity contribution in [2.75, 3.05) is 0 Å². The van der Waals surface area contributed by atoms with Gasteiger partial charge in [-0.1, -0.05) is 42.5 Å². The summed E-state index contributed by atoms with van der Waals surface area (Å²) in [4.78, 5) is 24.7. The van der Waals surface area contributed by atoms with Gasteiger partial charge in [0.25, 0.3) is 0 Å². The molecule has 0 radical (unpaired) electrons. The molecular formula is C14H9BO4. The van der Waals surface area contributed by atoms with Gasteiger partial charge < -0.3 is 10.0 Å². The number of carbonyl (C=O) groups is 2. The Kier molecular flexibility index (Phi) is 2.59. The zero-order chi connectivity index (χ0) is 13.6. The Balaban J connectivity index is 2.33. The molecule has 0 saturated heterocycles. The molecule has 5 heteroatoms. The fourth-order valence-corrected chi connectivity index (χ4v) is 2.39. The summed E-state index contributed by atoms with van der Waals surface area (Å²) in [5, 5.41) is 18.6. The summed E-state index contributed by atoms with van der Waals surface area (Å²) in [6.07, 6.45) is 0. The van der Waals surface area contributed by atoms with Gasteiger partial charge in [-0.15, -0.1) is 0 Å². The third kappa shape index (κ3) is 1.63. The van der Waals surface area contributed by atoms with Crippen LogP contribution in [0.5, 0.6) is 0 Å². The number of fused-ring (bicyclic) bond motifs is 2. The molecule has 2 aromatic carbocycles. The molecule has 0 fully saturated rings. The normalized spacial score (nSPS) is 12.9. The lowest BCUT2D eigenvalue weighted by molar-refractivity contribution is 0.0979. The zero-order valence-corrected chi connectivity index (χ0v) is 9.83. The van der Waals surface area contributed by atoms with Crippen molar-refractivity contribution in [2.24, 2.45) is 0 Å². The summed E-state index contributed by atoms with van der Waals surface area (Å²) >= 11 is 0. The van der Waals surface area contributed by atoms with Gasteiger partial charge in [0.15, 0.2) is 11.6 Å². The van der Waals surface area contributed by atoms with E-state index < -0.39 is 7.12 Å². The fourth-order valence-electron chi connectivity index (χ4n) is 2.39. The Labute approximate surface area is 109 Å². The van der Waals surface area contributed by atoms with Crippen LogP contribution >= 0.6 is 0 Å². The summed E-state index contributed by atoms with van der Waals surface area (Å²) in [5.41, 5.74) is 1.01. The predicted octanol–water partition coefficient (Wildman–Crippen LogP) is 0.142. The number of rotatable bonds is 1. The van der Waals surface area contributed by atoms with Gasteiger partial charge in [-0.3, -0.25) is 9.59 Å². The van der Waals surface area contributed by atoms with Crippen molar-refractivity contribution in [3.05, 3.63) is 64.7 Å². The minimum atomic E-state index is -1.78. The second kappa shape index (κ2) is 4.15. The summed E-state index contributed by atoms with van der Waals surface area (Å²) in [6.45, 7) is 0. The molecule has 0 unspecified atom stereocenters. The van der Waals surface area contributed by atoms with E-state index in [1.807, 2.05) is 0 Å². The molecule has 19 heavy (non-hydrogen) atoms. The molecule has 4 nitrogen and oxygen atoms in total. The Morgan fingerprint density at radius 1 is 0.737 bits per heavy atom. The van der Waals surface area contributed by atoms with E-state index >= 15 is 0 Å². The van der Waals surface area contributed by atoms with E-state index in [1.165, 1.54) is 18.2 Å². The van der Waals surface area contributed by atoms with E-state index in [2.05, 4.69) is 0 Å². The van der Waals surface area contributed by atoms with Gasteiger partial charge in [0.2, 0.25) is 0 Å². The maximum absolute atomic E-state index is 12.4. The SMILES string of the molecule is O=C1c2ccccc2C(=O)c2c(B(O)O)cccc21. The second-order valence-corrected chi connectivity index (χ2v) is 4.35. The molecule has 0 aromatic heterocycles. The Morgan fingerprint density at radius 3 is 1.95 bits per heavy atom. The molecule has 1 aliphatic rings. The molecule has 1 aliphatic carbocycles. The van der Waals surface area contributed by atoms with Crippen LogP contribution in [0.3, 0.4) is 0 Å². The van der Waals surface area contributed by atoms with Gasteiger partial charge in [0.05, 0.1) is 0 Å². The van der Waals surface area contributed by atoms with Crippen LogP contribution in [-0.2, 0) is 0 Å². The predicted molar refractivity (Wildman–Crippen MR) is 69.6 cm³/mol. The molecule has 0 amide bonds. The number of ketones is 2. The smallest absolute Gasteiger partial charge is 0.423 e. The van der Waals surface area contributed by atoms with Crippen molar-refractivity contribution in [2.45, 2.75) is 0 Å². The molecule has 0 aliphatic heterocycles. The van der Waals surface area contributed by atoms with E-state index in [0.29, 0.717) is 11.1 Å². The van der Waals surface area contributed by atoms with Crippen LogP contribution in [0, 0.1) is 0 Å². The van der Waals surface area contributed by atoms with Crippen molar-refractivity contribution in [1.29, 1.82) is 0 Å². The van der Waals surface area contributed by atoms with Gasteiger partial charge >= 0.3 is 7.12 Å². The highest BCUT2D eigenvalue weighted by atomic mass is 16.4. The summed E-state index contributed by atoms with van der Waals surface area (Å²) in [5.74, 6) is -0.624. The molecule has 3 rings (SSSR count). The molecule has 2 N–H and O–H groups in total. The van der Waals surface area contributed by atoms with Crippen LogP contribution in [0.15, 0.2) is 42.5 Å². The maximum atomic E-state index is 12.4. The van der Waals surface area contributed by atoms with Crippen molar-refractivity contribution in [3.63, 3.8) is 0 Å². The number of hydrogen-bond acceptors (Lipinski definition) is 4. The van der Waals surface area contributed by atoms with Crippen molar-refractivity contribution >= 4 is 24.1 Å². The first-order chi connectivity index (χ1) is 9.11. The molecule has 0 atom stereocenters. The molecule has 92 valence electrons. The van der Waals surface area contributed by atoms with Crippen LogP contribution in [0.2, 0.25) is 0 Å². The van der Waals surface area contributed by atoms with E-state index in [0.717, 1.165) is 0 Å². The lowest BCUT2D eigenvalue weighted by Gasteiger charge is -2.19. The molecular weight excluding hydrogens is 243 g/mol. The molecule has 0 spiro atoms. The minimum absolute atomic E-state index is 0.0605. The maximum Gasteiger partial charge on any atom is 0.489 e. The van der Waals surface area contributed by atoms with Gasteiger partial charge in [-0.05, 0) is 5.46 Å². The van der Waals surface area contributed by atoms with E-state index in [4.69, 9.17) is 0 Å². The highest BCUT2D eigenvalue weighted by molar-refractivity contribution is 6.61. The first-order valence-electron chi connectivity index (χ1n) is 5.78. The third-order valence-corrected chi connectivity index (χ3v) is 3.26. The summed E-state index contributed by atoms with van der Waals surface area (Å²) in [6, 6.07) is 11.0. The zero-order valence-electron chi connectivity index (χ0n) is 9.83. The van der Waals surface area contributed by atoms with Crippen LogP contribution in [0.25, 0.3) is 0 Å². The lowest BCUT2D eigenvalue weighted by atomic mass is 9.71. The van der Waals surface area contributed by atoms with Gasteiger partial charge in [0.1, 0.15) is 0 Å². The monoisotopic (exact) mass is 252 g/mol. The summed E-state index contributed by atoms with van der Waals surface area (Å²) < 4.78 is 0. The first-order valence-corrected chi connectivity index (χ1v) is 5.78.